The van der Waals surface area contributed by atoms with Crippen LogP contribution in [0, 0.1) is 5.92 Å². The van der Waals surface area contributed by atoms with Gasteiger partial charge in [0.1, 0.15) is 18.1 Å². The van der Waals surface area contributed by atoms with Gasteiger partial charge in [-0.05, 0) is 50.1 Å². The molecule has 4 unspecified atom stereocenters. The lowest BCUT2D eigenvalue weighted by Crippen LogP contribution is -2.57. The van der Waals surface area contributed by atoms with Crippen LogP contribution >= 0.6 is 0 Å². The second kappa shape index (κ2) is 17.1. The van der Waals surface area contributed by atoms with Gasteiger partial charge in [-0.15, -0.1) is 0 Å². The molecule has 212 valence electrons. The summed E-state index contributed by atoms with van der Waals surface area (Å²) < 4.78 is 0. The van der Waals surface area contributed by atoms with Crippen LogP contribution in [0.4, 0.5) is 0 Å². The van der Waals surface area contributed by atoms with Gasteiger partial charge in [-0.1, -0.05) is 44.2 Å². The first-order valence-electron chi connectivity index (χ1n) is 12.9. The maximum absolute atomic E-state index is 13.3. The number of primary amides is 1. The highest BCUT2D eigenvalue weighted by Crippen LogP contribution is 2.09. The molecule has 0 spiro atoms. The Morgan fingerprint density at radius 3 is 1.97 bits per heavy atom. The fourth-order valence-electron chi connectivity index (χ4n) is 3.80. The Bertz CT molecular complexity index is 926. The second-order valence-corrected chi connectivity index (χ2v) is 9.74. The minimum atomic E-state index is -1.38. The highest BCUT2D eigenvalue weighted by molar-refractivity contribution is 5.94. The van der Waals surface area contributed by atoms with E-state index in [4.69, 9.17) is 17.2 Å². The summed E-state index contributed by atoms with van der Waals surface area (Å²) in [5.41, 5.74) is 17.4. The summed E-state index contributed by atoms with van der Waals surface area (Å²) in [5, 5.41) is 17.2. The molecule has 38 heavy (non-hydrogen) atoms. The van der Waals surface area contributed by atoms with Crippen molar-refractivity contribution >= 4 is 29.6 Å². The van der Waals surface area contributed by atoms with Gasteiger partial charge in [0.25, 0.3) is 0 Å². The summed E-state index contributed by atoms with van der Waals surface area (Å²) in [6.07, 6.45) is 1.52. The van der Waals surface area contributed by atoms with Crippen LogP contribution in [0.25, 0.3) is 0 Å². The molecule has 0 saturated heterocycles. The maximum Gasteiger partial charge on any atom is 0.326 e. The van der Waals surface area contributed by atoms with Crippen LogP contribution in [0.3, 0.4) is 0 Å². The lowest BCUT2D eigenvalue weighted by atomic mass is 10.0. The van der Waals surface area contributed by atoms with Gasteiger partial charge in [0.05, 0.1) is 6.04 Å². The summed E-state index contributed by atoms with van der Waals surface area (Å²) in [6, 6.07) is 4.56. The van der Waals surface area contributed by atoms with Crippen LogP contribution in [0.2, 0.25) is 0 Å². The van der Waals surface area contributed by atoms with E-state index in [0.717, 1.165) is 5.56 Å². The largest absolute Gasteiger partial charge is 0.480 e. The van der Waals surface area contributed by atoms with E-state index in [1.54, 1.807) is 30.3 Å². The Morgan fingerprint density at radius 1 is 0.842 bits per heavy atom. The van der Waals surface area contributed by atoms with E-state index in [2.05, 4.69) is 16.0 Å². The molecule has 1 rings (SSSR count). The van der Waals surface area contributed by atoms with Crippen molar-refractivity contribution < 1.29 is 29.1 Å². The number of benzene rings is 1. The third kappa shape index (κ3) is 12.6. The van der Waals surface area contributed by atoms with Gasteiger partial charge < -0.3 is 38.3 Å². The minimum Gasteiger partial charge on any atom is -0.480 e. The molecule has 0 radical (unpaired) electrons. The Labute approximate surface area is 223 Å². The molecule has 4 atom stereocenters. The van der Waals surface area contributed by atoms with E-state index >= 15 is 0 Å². The molecule has 0 aliphatic heterocycles. The molecule has 0 heterocycles. The SMILES string of the molecule is CC(C)CC(N)C(=O)NC(CCCCN)C(=O)NC(Cc1ccccc1)C(=O)NC(CCC(N)=O)C(=O)O. The molecule has 10 N–H and O–H groups in total. The Morgan fingerprint density at radius 2 is 1.42 bits per heavy atom. The monoisotopic (exact) mass is 534 g/mol. The molecule has 0 aliphatic carbocycles. The van der Waals surface area contributed by atoms with Crippen LogP contribution in [0.5, 0.6) is 0 Å². The number of nitrogens with two attached hydrogens (primary N) is 3. The third-order valence-corrected chi connectivity index (χ3v) is 5.85. The average Bonchev–Trinajstić information content (AvgIpc) is 2.85. The van der Waals surface area contributed by atoms with Gasteiger partial charge in [0.2, 0.25) is 23.6 Å². The first-order valence-corrected chi connectivity index (χ1v) is 12.9. The van der Waals surface area contributed by atoms with Crippen molar-refractivity contribution in [2.75, 3.05) is 6.54 Å². The highest BCUT2D eigenvalue weighted by Gasteiger charge is 2.30. The molecule has 12 heteroatoms. The molecule has 0 aliphatic rings. The van der Waals surface area contributed by atoms with Crippen LogP contribution in [-0.2, 0) is 30.4 Å². The third-order valence-electron chi connectivity index (χ3n) is 5.85. The molecular weight excluding hydrogens is 492 g/mol. The standard InChI is InChI=1S/C26H42N6O6/c1-16(2)14-18(28)23(34)30-19(10-6-7-13-27)24(35)32-21(15-17-8-4-3-5-9-17)25(36)31-20(26(37)38)11-12-22(29)33/h3-5,8-9,16,18-21H,6-7,10-15,27-28H2,1-2H3,(H2,29,33)(H,30,34)(H,31,36)(H,32,35)(H,37,38). The number of carbonyl (C=O) groups is 5. The first-order chi connectivity index (χ1) is 17.9. The Kier molecular flexibility index (Phi) is 14.6. The van der Waals surface area contributed by atoms with Gasteiger partial charge in [-0.2, -0.15) is 0 Å². The number of amides is 4. The fraction of sp³-hybridized carbons (Fsp3) is 0.577. The summed E-state index contributed by atoms with van der Waals surface area (Å²) in [6.45, 7) is 4.27. The van der Waals surface area contributed by atoms with Crippen molar-refractivity contribution in [2.24, 2.45) is 23.1 Å². The minimum absolute atomic E-state index is 0.0664. The van der Waals surface area contributed by atoms with E-state index in [0.29, 0.717) is 25.8 Å². The molecule has 4 amide bonds. The van der Waals surface area contributed by atoms with Crippen LogP contribution in [0.1, 0.15) is 57.9 Å². The highest BCUT2D eigenvalue weighted by atomic mass is 16.4. The average molecular weight is 535 g/mol. The molecule has 0 aromatic heterocycles. The maximum atomic E-state index is 13.3. The number of aliphatic carboxylic acids is 1. The summed E-state index contributed by atoms with van der Waals surface area (Å²) >= 11 is 0. The molecular formula is C26H42N6O6. The number of carbonyl (C=O) groups excluding carboxylic acids is 4. The fourth-order valence-corrected chi connectivity index (χ4v) is 3.80. The zero-order chi connectivity index (χ0) is 28.7. The normalized spacial score (nSPS) is 14.1. The summed E-state index contributed by atoms with van der Waals surface area (Å²) in [7, 11) is 0. The summed E-state index contributed by atoms with van der Waals surface area (Å²) in [5.74, 6) is -3.69. The smallest absolute Gasteiger partial charge is 0.326 e. The number of hydrogen-bond acceptors (Lipinski definition) is 7. The zero-order valence-corrected chi connectivity index (χ0v) is 22.2. The van der Waals surface area contributed by atoms with E-state index in [9.17, 15) is 29.1 Å². The van der Waals surface area contributed by atoms with Gasteiger partial charge in [0.15, 0.2) is 0 Å². The molecule has 0 saturated carbocycles. The van der Waals surface area contributed by atoms with Crippen LogP contribution in [0.15, 0.2) is 30.3 Å². The lowest BCUT2D eigenvalue weighted by molar-refractivity contribution is -0.142. The van der Waals surface area contributed by atoms with Gasteiger partial charge in [0, 0.05) is 12.8 Å². The van der Waals surface area contributed by atoms with Crippen molar-refractivity contribution in [3.05, 3.63) is 35.9 Å². The number of rotatable bonds is 18. The molecule has 0 fully saturated rings. The van der Waals surface area contributed by atoms with Crippen molar-refractivity contribution in [3.8, 4) is 0 Å². The van der Waals surface area contributed by atoms with Crippen molar-refractivity contribution in [3.63, 3.8) is 0 Å². The van der Waals surface area contributed by atoms with E-state index in [-0.39, 0.29) is 31.6 Å². The predicted molar refractivity (Wildman–Crippen MR) is 142 cm³/mol. The first kappa shape index (κ1) is 32.5. The zero-order valence-electron chi connectivity index (χ0n) is 22.2. The van der Waals surface area contributed by atoms with Gasteiger partial charge in [-0.25, -0.2) is 4.79 Å². The van der Waals surface area contributed by atoms with Crippen molar-refractivity contribution in [2.45, 2.75) is 83.0 Å². The quantitative estimate of drug-likeness (QED) is 0.122. The Hall–Kier alpha value is -3.51. The number of carboxylic acids is 1. The number of carboxylic acid groups (broad SMARTS) is 1. The topological polar surface area (TPSA) is 220 Å². The number of hydrogen-bond donors (Lipinski definition) is 7. The molecule has 0 bridgehead atoms. The van der Waals surface area contributed by atoms with Crippen molar-refractivity contribution in [1.29, 1.82) is 0 Å². The van der Waals surface area contributed by atoms with Gasteiger partial charge >= 0.3 is 5.97 Å². The van der Waals surface area contributed by atoms with E-state index in [1.807, 2.05) is 13.8 Å². The molecule has 1 aromatic rings. The summed E-state index contributed by atoms with van der Waals surface area (Å²) in [4.78, 5) is 61.9. The second-order valence-electron chi connectivity index (χ2n) is 9.74. The number of nitrogens with one attached hydrogen (secondary N) is 3. The van der Waals surface area contributed by atoms with E-state index in [1.165, 1.54) is 0 Å². The van der Waals surface area contributed by atoms with Gasteiger partial charge in [-0.3, -0.25) is 19.2 Å². The number of unbranched alkanes of at least 4 members (excludes halogenated alkanes) is 1. The Balaban J connectivity index is 3.11. The van der Waals surface area contributed by atoms with Crippen molar-refractivity contribution in [1.82, 2.24) is 16.0 Å². The predicted octanol–water partition coefficient (Wildman–Crippen LogP) is -0.464. The lowest BCUT2D eigenvalue weighted by Gasteiger charge is -2.25. The van der Waals surface area contributed by atoms with E-state index < -0.39 is 53.8 Å². The molecule has 1 aromatic carbocycles. The molecule has 12 nitrogen and oxygen atoms in total. The van der Waals surface area contributed by atoms with Crippen LogP contribution in [-0.4, -0.2) is 65.4 Å². The van der Waals surface area contributed by atoms with Crippen LogP contribution < -0.4 is 33.2 Å².